The molecule has 0 unspecified atom stereocenters. The molecule has 4 rings (SSSR count). The van der Waals surface area contributed by atoms with Crippen molar-refractivity contribution in [3.05, 3.63) is 82.1 Å². The van der Waals surface area contributed by atoms with Crippen molar-refractivity contribution in [2.75, 3.05) is 33.9 Å². The fourth-order valence-electron chi connectivity index (χ4n) is 4.57. The lowest BCUT2D eigenvalue weighted by Gasteiger charge is -2.16. The number of carbonyl (C=O) groups is 1. The second-order valence-electron chi connectivity index (χ2n) is 9.87. The van der Waals surface area contributed by atoms with Crippen LogP contribution in [0.1, 0.15) is 25.0 Å². The molecule has 0 aliphatic heterocycles. The number of sulfonamides is 1. The summed E-state index contributed by atoms with van der Waals surface area (Å²) < 4.78 is 39.5. The number of benzene rings is 3. The average Bonchev–Trinajstić information content (AvgIpc) is 2.96. The molecule has 0 fully saturated rings. The highest BCUT2D eigenvalue weighted by Gasteiger charge is 2.22. The van der Waals surface area contributed by atoms with Gasteiger partial charge in [-0.2, -0.15) is 5.10 Å². The number of nitrogens with one attached hydrogen (secondary N) is 1. The number of carbonyl (C=O) groups excluding carboxylic acids is 1. The third-order valence-electron chi connectivity index (χ3n) is 6.72. The third-order valence-corrected chi connectivity index (χ3v) is 8.68. The Morgan fingerprint density at radius 2 is 1.64 bits per heavy atom. The zero-order chi connectivity index (χ0) is 30.4. The van der Waals surface area contributed by atoms with Crippen molar-refractivity contribution in [3.8, 4) is 22.8 Å². The van der Waals surface area contributed by atoms with Gasteiger partial charge >= 0.3 is 0 Å². The smallest absolute Gasteiger partial charge is 0.275 e. The van der Waals surface area contributed by atoms with Crippen LogP contribution in [0.15, 0.2) is 70.4 Å². The van der Waals surface area contributed by atoms with Crippen molar-refractivity contribution in [2.24, 2.45) is 0 Å². The molecule has 0 bridgehead atoms. The summed E-state index contributed by atoms with van der Waals surface area (Å²) in [6.07, 6.45) is 0.552. The van der Waals surface area contributed by atoms with E-state index >= 15 is 0 Å². The molecule has 1 heterocycles. The first-order valence-electron chi connectivity index (χ1n) is 13.8. The Bertz CT molecular complexity index is 1770. The summed E-state index contributed by atoms with van der Waals surface area (Å²) >= 11 is 0. The summed E-state index contributed by atoms with van der Waals surface area (Å²) in [7, 11) is -0.768. The molecule has 0 aliphatic rings. The molecule has 4 aromatic rings. The fraction of sp³-hybridized carbons (Fsp3) is 0.323. The average molecular weight is 593 g/mol. The van der Waals surface area contributed by atoms with Crippen LogP contribution in [-0.4, -0.2) is 62.3 Å². The van der Waals surface area contributed by atoms with Gasteiger partial charge in [0.15, 0.2) is 11.5 Å². The molecule has 10 nitrogen and oxygen atoms in total. The molecule has 0 spiro atoms. The molecule has 3 aromatic carbocycles. The van der Waals surface area contributed by atoms with Crippen molar-refractivity contribution < 1.29 is 22.7 Å². The lowest BCUT2D eigenvalue weighted by Crippen LogP contribution is -2.35. The van der Waals surface area contributed by atoms with E-state index in [4.69, 9.17) is 9.47 Å². The van der Waals surface area contributed by atoms with E-state index < -0.39 is 15.6 Å². The standard InChI is InChI=1S/C31H36N4O6S/c1-6-40-26-15-13-22(18-27(26)41-7-2)16-17-32-29(36)20-35-31(37)25-11-9-8-10-24(25)30(33-35)23-14-12-21(3)28(19-23)42(38,39)34(4)5/h8-15,18-19H,6-7,16-17,20H2,1-5H3,(H,32,36). The highest BCUT2D eigenvalue weighted by molar-refractivity contribution is 7.89. The van der Waals surface area contributed by atoms with E-state index in [1.54, 1.807) is 49.4 Å². The monoisotopic (exact) mass is 592 g/mol. The van der Waals surface area contributed by atoms with Gasteiger partial charge in [-0.15, -0.1) is 0 Å². The number of amides is 1. The molecule has 0 radical (unpaired) electrons. The van der Waals surface area contributed by atoms with E-state index in [-0.39, 0.29) is 17.3 Å². The van der Waals surface area contributed by atoms with Crippen LogP contribution in [0.5, 0.6) is 11.5 Å². The first-order chi connectivity index (χ1) is 20.1. The maximum Gasteiger partial charge on any atom is 0.275 e. The van der Waals surface area contributed by atoms with Gasteiger partial charge in [-0.1, -0.05) is 36.4 Å². The van der Waals surface area contributed by atoms with Gasteiger partial charge in [0.25, 0.3) is 5.56 Å². The zero-order valence-corrected chi connectivity index (χ0v) is 25.3. The van der Waals surface area contributed by atoms with E-state index in [0.29, 0.717) is 65.3 Å². The first-order valence-corrected chi connectivity index (χ1v) is 15.2. The van der Waals surface area contributed by atoms with Crippen LogP contribution < -0.4 is 20.3 Å². The molecule has 1 amide bonds. The fourth-order valence-corrected chi connectivity index (χ4v) is 5.71. The van der Waals surface area contributed by atoms with Crippen LogP contribution in [0.4, 0.5) is 0 Å². The van der Waals surface area contributed by atoms with Crippen molar-refractivity contribution in [2.45, 2.75) is 38.6 Å². The molecule has 0 aliphatic carbocycles. The highest BCUT2D eigenvalue weighted by Crippen LogP contribution is 2.30. The molecule has 1 aromatic heterocycles. The Hall–Kier alpha value is -4.22. The number of nitrogens with zero attached hydrogens (tertiary/aromatic N) is 3. The second-order valence-corrected chi connectivity index (χ2v) is 12.0. The Morgan fingerprint density at radius 3 is 2.33 bits per heavy atom. The van der Waals surface area contributed by atoms with Crippen molar-refractivity contribution in [3.63, 3.8) is 0 Å². The summed E-state index contributed by atoms with van der Waals surface area (Å²) in [5.41, 5.74) is 2.07. The van der Waals surface area contributed by atoms with Gasteiger partial charge in [0, 0.05) is 31.6 Å². The van der Waals surface area contributed by atoms with Gasteiger partial charge in [-0.05, 0) is 62.6 Å². The second kappa shape index (κ2) is 13.2. The topological polar surface area (TPSA) is 120 Å². The third kappa shape index (κ3) is 6.63. The summed E-state index contributed by atoms with van der Waals surface area (Å²) in [5.74, 6) is 0.951. The van der Waals surface area contributed by atoms with E-state index in [0.717, 1.165) is 14.6 Å². The quantitative estimate of drug-likeness (QED) is 0.266. The SMILES string of the molecule is CCOc1ccc(CCNC(=O)Cn2nc(-c3ccc(C)c(S(=O)(=O)N(C)C)c3)c3ccccc3c2=O)cc1OCC. The van der Waals surface area contributed by atoms with Crippen molar-refractivity contribution in [1.82, 2.24) is 19.4 Å². The van der Waals surface area contributed by atoms with Gasteiger partial charge in [0.1, 0.15) is 6.54 Å². The first kappa shape index (κ1) is 30.7. The van der Waals surface area contributed by atoms with Crippen LogP contribution in [0, 0.1) is 6.92 Å². The summed E-state index contributed by atoms with van der Waals surface area (Å²) in [5, 5.41) is 8.34. The summed E-state index contributed by atoms with van der Waals surface area (Å²) in [4.78, 5) is 26.3. The summed E-state index contributed by atoms with van der Waals surface area (Å²) in [6.45, 7) is 6.62. The van der Waals surface area contributed by atoms with Crippen LogP contribution in [0.3, 0.4) is 0 Å². The number of hydrogen-bond acceptors (Lipinski definition) is 7. The molecular formula is C31H36N4O6S. The molecule has 0 saturated carbocycles. The normalized spacial score (nSPS) is 11.6. The number of aryl methyl sites for hydroxylation is 1. The predicted molar refractivity (Wildman–Crippen MR) is 163 cm³/mol. The Labute approximate surface area is 245 Å². The van der Waals surface area contributed by atoms with Gasteiger partial charge in [0.2, 0.25) is 15.9 Å². The number of hydrogen-bond donors (Lipinski definition) is 1. The number of ether oxygens (including phenoxy) is 2. The Morgan fingerprint density at radius 1 is 0.952 bits per heavy atom. The van der Waals surface area contributed by atoms with E-state index in [9.17, 15) is 18.0 Å². The molecule has 42 heavy (non-hydrogen) atoms. The maximum absolute atomic E-state index is 13.3. The van der Waals surface area contributed by atoms with Crippen LogP contribution in [0.2, 0.25) is 0 Å². The highest BCUT2D eigenvalue weighted by atomic mass is 32.2. The van der Waals surface area contributed by atoms with Crippen LogP contribution in [0.25, 0.3) is 22.0 Å². The summed E-state index contributed by atoms with van der Waals surface area (Å²) in [6, 6.07) is 17.7. The number of rotatable bonds is 12. The van der Waals surface area contributed by atoms with Crippen LogP contribution >= 0.6 is 0 Å². The molecule has 11 heteroatoms. The Balaban J connectivity index is 1.59. The zero-order valence-electron chi connectivity index (χ0n) is 24.5. The van der Waals surface area contributed by atoms with Gasteiger partial charge in [-0.3, -0.25) is 9.59 Å². The lowest BCUT2D eigenvalue weighted by atomic mass is 10.0. The molecular weight excluding hydrogens is 556 g/mol. The maximum atomic E-state index is 13.3. The minimum atomic E-state index is -3.72. The lowest BCUT2D eigenvalue weighted by molar-refractivity contribution is -0.121. The number of fused-ring (bicyclic) bond motifs is 1. The molecule has 1 N–H and O–H groups in total. The largest absolute Gasteiger partial charge is 0.490 e. The predicted octanol–water partition coefficient (Wildman–Crippen LogP) is 3.78. The van der Waals surface area contributed by atoms with E-state index in [1.807, 2.05) is 32.0 Å². The van der Waals surface area contributed by atoms with Gasteiger partial charge < -0.3 is 14.8 Å². The minimum Gasteiger partial charge on any atom is -0.490 e. The van der Waals surface area contributed by atoms with Gasteiger partial charge in [0.05, 0.1) is 29.2 Å². The van der Waals surface area contributed by atoms with Crippen molar-refractivity contribution >= 4 is 26.7 Å². The van der Waals surface area contributed by atoms with E-state index in [1.165, 1.54) is 14.1 Å². The van der Waals surface area contributed by atoms with E-state index in [2.05, 4.69) is 10.4 Å². The number of aromatic nitrogens is 2. The van der Waals surface area contributed by atoms with Crippen molar-refractivity contribution in [1.29, 1.82) is 0 Å². The molecule has 0 atom stereocenters. The Kier molecular flexibility index (Phi) is 9.64. The van der Waals surface area contributed by atoms with Crippen LogP contribution in [-0.2, 0) is 27.8 Å². The minimum absolute atomic E-state index is 0.146. The van der Waals surface area contributed by atoms with Gasteiger partial charge in [-0.25, -0.2) is 17.4 Å². The molecule has 0 saturated heterocycles. The molecule has 222 valence electrons.